The monoisotopic (exact) mass is 301 g/mol. The second-order valence-electron chi connectivity index (χ2n) is 5.69. The first kappa shape index (κ1) is 16.8. The molecule has 4 nitrogen and oxygen atoms in total. The van der Waals surface area contributed by atoms with Gasteiger partial charge in [-0.3, -0.25) is 9.80 Å². The van der Waals surface area contributed by atoms with Crippen LogP contribution in [0.1, 0.15) is 38.8 Å². The zero-order valence-corrected chi connectivity index (χ0v) is 14.0. The Morgan fingerprint density at radius 3 is 2.68 bits per heavy atom. The van der Waals surface area contributed by atoms with E-state index in [1.807, 2.05) is 31.2 Å². The second-order valence-corrected chi connectivity index (χ2v) is 5.69. The van der Waals surface area contributed by atoms with E-state index in [9.17, 15) is 5.26 Å². The number of nitriles is 1. The molecule has 1 aliphatic heterocycles. The third kappa shape index (κ3) is 3.60. The van der Waals surface area contributed by atoms with E-state index in [1.54, 1.807) is 0 Å². The zero-order chi connectivity index (χ0) is 15.9. The van der Waals surface area contributed by atoms with Gasteiger partial charge in [0.2, 0.25) is 0 Å². The average Bonchev–Trinajstić information content (AvgIpc) is 2.57. The molecule has 1 fully saturated rings. The van der Waals surface area contributed by atoms with E-state index in [-0.39, 0.29) is 6.04 Å². The molecule has 22 heavy (non-hydrogen) atoms. The Hall–Kier alpha value is -1.57. The fourth-order valence-electron chi connectivity index (χ4n) is 3.30. The van der Waals surface area contributed by atoms with Crippen LogP contribution in [0.4, 0.5) is 0 Å². The molecule has 2 unspecified atom stereocenters. The summed E-state index contributed by atoms with van der Waals surface area (Å²) in [4.78, 5) is 4.82. The average molecular weight is 301 g/mol. The summed E-state index contributed by atoms with van der Waals surface area (Å²) in [6.45, 7) is 11.0. The maximum absolute atomic E-state index is 9.75. The maximum Gasteiger partial charge on any atom is 0.127 e. The highest BCUT2D eigenvalue weighted by molar-refractivity contribution is 5.38. The SMILES string of the molecule is CCOc1ccccc1C(C#N)N1CCN(CC)C(CC)C1. The van der Waals surface area contributed by atoms with Gasteiger partial charge in [-0.25, -0.2) is 0 Å². The van der Waals surface area contributed by atoms with Crippen molar-refractivity contribution in [2.75, 3.05) is 32.8 Å². The number of hydrogen-bond acceptors (Lipinski definition) is 4. The molecule has 120 valence electrons. The third-order valence-corrected chi connectivity index (χ3v) is 4.51. The largest absolute Gasteiger partial charge is 0.493 e. The molecule has 0 bridgehead atoms. The molecule has 0 saturated carbocycles. The highest BCUT2D eigenvalue weighted by atomic mass is 16.5. The van der Waals surface area contributed by atoms with E-state index in [4.69, 9.17) is 4.74 Å². The zero-order valence-electron chi connectivity index (χ0n) is 14.0. The smallest absolute Gasteiger partial charge is 0.127 e. The molecule has 2 rings (SSSR count). The first-order valence-electron chi connectivity index (χ1n) is 8.34. The minimum atomic E-state index is -0.226. The Morgan fingerprint density at radius 2 is 2.05 bits per heavy atom. The van der Waals surface area contributed by atoms with Gasteiger partial charge < -0.3 is 4.74 Å². The molecule has 0 N–H and O–H groups in total. The Labute approximate surface area is 134 Å². The molecular formula is C18H27N3O. The number of piperazine rings is 1. The predicted octanol–water partition coefficient (Wildman–Crippen LogP) is 3.07. The van der Waals surface area contributed by atoms with Gasteiger partial charge in [0.1, 0.15) is 11.8 Å². The summed E-state index contributed by atoms with van der Waals surface area (Å²) in [5.41, 5.74) is 0.992. The summed E-state index contributed by atoms with van der Waals surface area (Å²) in [5, 5.41) is 9.75. The number of ether oxygens (including phenoxy) is 1. The standard InChI is InChI=1S/C18H27N3O/c1-4-15-14-21(12-11-20(15)5-2)17(13-19)16-9-7-8-10-18(16)22-6-3/h7-10,15,17H,4-6,11-12,14H2,1-3H3. The predicted molar refractivity (Wildman–Crippen MR) is 88.9 cm³/mol. The van der Waals surface area contributed by atoms with Crippen molar-refractivity contribution in [3.05, 3.63) is 29.8 Å². The molecule has 2 atom stereocenters. The van der Waals surface area contributed by atoms with Crippen molar-refractivity contribution in [1.29, 1.82) is 5.26 Å². The number of para-hydroxylation sites is 1. The van der Waals surface area contributed by atoms with Crippen LogP contribution in [-0.2, 0) is 0 Å². The van der Waals surface area contributed by atoms with E-state index in [1.165, 1.54) is 0 Å². The number of nitrogens with zero attached hydrogens (tertiary/aromatic N) is 3. The van der Waals surface area contributed by atoms with Crippen LogP contribution in [0.3, 0.4) is 0 Å². The van der Waals surface area contributed by atoms with Gasteiger partial charge in [-0.15, -0.1) is 0 Å². The Balaban J connectivity index is 2.21. The summed E-state index contributed by atoms with van der Waals surface area (Å²) >= 11 is 0. The Morgan fingerprint density at radius 1 is 1.27 bits per heavy atom. The third-order valence-electron chi connectivity index (χ3n) is 4.51. The van der Waals surface area contributed by atoms with Crippen molar-refractivity contribution in [2.24, 2.45) is 0 Å². The fraction of sp³-hybridized carbons (Fsp3) is 0.611. The molecular weight excluding hydrogens is 274 g/mol. The Bertz CT molecular complexity index is 511. The fourth-order valence-corrected chi connectivity index (χ4v) is 3.30. The first-order chi connectivity index (χ1) is 10.7. The van der Waals surface area contributed by atoms with E-state index in [0.717, 1.165) is 43.9 Å². The van der Waals surface area contributed by atoms with Gasteiger partial charge in [0.15, 0.2) is 0 Å². The topological polar surface area (TPSA) is 39.5 Å². The summed E-state index contributed by atoms with van der Waals surface area (Å²) < 4.78 is 5.72. The van der Waals surface area contributed by atoms with Gasteiger partial charge in [-0.1, -0.05) is 32.0 Å². The van der Waals surface area contributed by atoms with Gasteiger partial charge in [-0.05, 0) is 26.0 Å². The molecule has 1 aliphatic rings. The van der Waals surface area contributed by atoms with Crippen LogP contribution in [-0.4, -0.2) is 48.6 Å². The quantitative estimate of drug-likeness (QED) is 0.809. The highest BCUT2D eigenvalue weighted by Crippen LogP contribution is 2.31. The van der Waals surface area contributed by atoms with E-state index in [0.29, 0.717) is 12.6 Å². The minimum Gasteiger partial charge on any atom is -0.493 e. The minimum absolute atomic E-state index is 0.226. The molecule has 1 saturated heterocycles. The molecule has 0 aromatic heterocycles. The van der Waals surface area contributed by atoms with Gasteiger partial charge >= 0.3 is 0 Å². The lowest BCUT2D eigenvalue weighted by molar-refractivity contribution is 0.0616. The second kappa shape index (κ2) is 8.17. The van der Waals surface area contributed by atoms with Gasteiger partial charge in [0.05, 0.1) is 12.7 Å². The van der Waals surface area contributed by atoms with Crippen LogP contribution < -0.4 is 4.74 Å². The molecule has 4 heteroatoms. The molecule has 1 aromatic carbocycles. The van der Waals surface area contributed by atoms with Crippen molar-refractivity contribution in [3.63, 3.8) is 0 Å². The Kier molecular flexibility index (Phi) is 6.23. The van der Waals surface area contributed by atoms with Crippen LogP contribution in [0.15, 0.2) is 24.3 Å². The van der Waals surface area contributed by atoms with Gasteiger partial charge in [0.25, 0.3) is 0 Å². The lowest BCUT2D eigenvalue weighted by Crippen LogP contribution is -2.53. The molecule has 1 aromatic rings. The van der Waals surface area contributed by atoms with Gasteiger partial charge in [0, 0.05) is 31.2 Å². The lowest BCUT2D eigenvalue weighted by Gasteiger charge is -2.42. The summed E-state index contributed by atoms with van der Waals surface area (Å²) in [7, 11) is 0. The number of likely N-dealkylation sites (N-methyl/N-ethyl adjacent to an activating group) is 1. The summed E-state index contributed by atoms with van der Waals surface area (Å²) in [6.07, 6.45) is 1.12. The van der Waals surface area contributed by atoms with Crippen molar-refractivity contribution in [2.45, 2.75) is 39.3 Å². The summed E-state index contributed by atoms with van der Waals surface area (Å²) in [5.74, 6) is 0.836. The van der Waals surface area contributed by atoms with Crippen molar-refractivity contribution >= 4 is 0 Å². The molecule has 1 heterocycles. The molecule has 0 radical (unpaired) electrons. The van der Waals surface area contributed by atoms with Crippen LogP contribution in [0.2, 0.25) is 0 Å². The summed E-state index contributed by atoms with van der Waals surface area (Å²) in [6, 6.07) is 10.7. The number of hydrogen-bond donors (Lipinski definition) is 0. The van der Waals surface area contributed by atoms with Crippen molar-refractivity contribution in [1.82, 2.24) is 9.80 Å². The normalized spacial score (nSPS) is 21.3. The maximum atomic E-state index is 9.75. The van der Waals surface area contributed by atoms with E-state index in [2.05, 4.69) is 29.7 Å². The molecule has 0 aliphatic carbocycles. The van der Waals surface area contributed by atoms with Crippen LogP contribution in [0.5, 0.6) is 5.75 Å². The van der Waals surface area contributed by atoms with Crippen LogP contribution in [0, 0.1) is 11.3 Å². The molecule has 0 amide bonds. The van der Waals surface area contributed by atoms with Crippen LogP contribution >= 0.6 is 0 Å². The van der Waals surface area contributed by atoms with Crippen molar-refractivity contribution < 1.29 is 4.74 Å². The van der Waals surface area contributed by atoms with Gasteiger partial charge in [-0.2, -0.15) is 5.26 Å². The first-order valence-corrected chi connectivity index (χ1v) is 8.34. The molecule has 0 spiro atoms. The van der Waals surface area contributed by atoms with E-state index >= 15 is 0 Å². The number of benzene rings is 1. The highest BCUT2D eigenvalue weighted by Gasteiger charge is 2.31. The van der Waals surface area contributed by atoms with E-state index < -0.39 is 0 Å². The van der Waals surface area contributed by atoms with Crippen molar-refractivity contribution in [3.8, 4) is 11.8 Å². The number of rotatable bonds is 6. The van der Waals surface area contributed by atoms with Crippen LogP contribution in [0.25, 0.3) is 0 Å². The lowest BCUT2D eigenvalue weighted by atomic mass is 10.0.